The van der Waals surface area contributed by atoms with Crippen molar-refractivity contribution in [3.8, 4) is 0 Å². The molecule has 4 nitrogen and oxygen atoms in total. The second kappa shape index (κ2) is 4.39. The number of piperidine rings is 1. The van der Waals surface area contributed by atoms with Gasteiger partial charge in [-0.1, -0.05) is 6.92 Å². The zero-order valence-electron chi connectivity index (χ0n) is 9.61. The predicted molar refractivity (Wildman–Crippen MR) is 57.8 cm³/mol. The van der Waals surface area contributed by atoms with Gasteiger partial charge in [0.2, 0.25) is 0 Å². The molecule has 2 saturated heterocycles. The quantitative estimate of drug-likeness (QED) is 0.692. The van der Waals surface area contributed by atoms with Gasteiger partial charge in [-0.15, -0.1) is 0 Å². The Morgan fingerprint density at radius 2 is 2.07 bits per heavy atom. The Morgan fingerprint density at radius 3 is 2.67 bits per heavy atom. The smallest absolute Gasteiger partial charge is 0.410 e. The summed E-state index contributed by atoms with van der Waals surface area (Å²) in [5.74, 6) is 0. The standard InChI is InChI=1S/C11H20N2O2/c1-3-9-8-15-11(14)13(9)10-4-6-12(2)7-5-10/h9-10H,3-8H2,1-2H3/t9-/m0/s1. The Labute approximate surface area is 91.2 Å². The van der Waals surface area contributed by atoms with Crippen LogP contribution in [0.5, 0.6) is 0 Å². The number of rotatable bonds is 2. The summed E-state index contributed by atoms with van der Waals surface area (Å²) >= 11 is 0. The summed E-state index contributed by atoms with van der Waals surface area (Å²) in [5.41, 5.74) is 0. The normalized spacial score (nSPS) is 29.6. The highest BCUT2D eigenvalue weighted by atomic mass is 16.6. The maximum Gasteiger partial charge on any atom is 0.410 e. The largest absolute Gasteiger partial charge is 0.447 e. The highest BCUT2D eigenvalue weighted by Crippen LogP contribution is 2.24. The van der Waals surface area contributed by atoms with Crippen LogP contribution in [0.4, 0.5) is 4.79 Å². The van der Waals surface area contributed by atoms with Crippen molar-refractivity contribution in [2.45, 2.75) is 38.3 Å². The molecule has 0 aliphatic carbocycles. The third-order valence-electron chi connectivity index (χ3n) is 3.56. The molecular formula is C11H20N2O2. The van der Waals surface area contributed by atoms with Crippen molar-refractivity contribution in [2.24, 2.45) is 0 Å². The number of hydrogen-bond donors (Lipinski definition) is 0. The number of nitrogens with zero attached hydrogens (tertiary/aromatic N) is 2. The molecule has 2 rings (SSSR count). The van der Waals surface area contributed by atoms with Crippen molar-refractivity contribution in [1.82, 2.24) is 9.80 Å². The molecule has 0 radical (unpaired) electrons. The van der Waals surface area contributed by atoms with Crippen LogP contribution >= 0.6 is 0 Å². The van der Waals surface area contributed by atoms with Crippen LogP contribution in [0, 0.1) is 0 Å². The van der Waals surface area contributed by atoms with Crippen LogP contribution in [0.3, 0.4) is 0 Å². The van der Waals surface area contributed by atoms with Gasteiger partial charge in [0.15, 0.2) is 0 Å². The van der Waals surface area contributed by atoms with Gasteiger partial charge in [-0.25, -0.2) is 4.79 Å². The molecule has 0 bridgehead atoms. The highest BCUT2D eigenvalue weighted by Gasteiger charge is 2.37. The number of carbonyl (C=O) groups is 1. The van der Waals surface area contributed by atoms with Gasteiger partial charge < -0.3 is 9.64 Å². The minimum absolute atomic E-state index is 0.101. The Bertz CT molecular complexity index is 237. The van der Waals surface area contributed by atoms with E-state index < -0.39 is 0 Å². The predicted octanol–water partition coefficient (Wildman–Crippen LogP) is 1.31. The SMILES string of the molecule is CC[C@H]1COC(=O)N1C1CCN(C)CC1. The fourth-order valence-electron chi connectivity index (χ4n) is 2.51. The average molecular weight is 212 g/mol. The van der Waals surface area contributed by atoms with Crippen LogP contribution in [0.1, 0.15) is 26.2 Å². The van der Waals surface area contributed by atoms with Gasteiger partial charge in [0.1, 0.15) is 6.61 Å². The summed E-state index contributed by atoms with van der Waals surface area (Å²) < 4.78 is 5.12. The van der Waals surface area contributed by atoms with Crippen molar-refractivity contribution in [1.29, 1.82) is 0 Å². The molecule has 1 atom stereocenters. The van der Waals surface area contributed by atoms with Crippen molar-refractivity contribution in [3.05, 3.63) is 0 Å². The summed E-state index contributed by atoms with van der Waals surface area (Å²) in [6.45, 7) is 4.88. The lowest BCUT2D eigenvalue weighted by Crippen LogP contribution is -2.47. The minimum Gasteiger partial charge on any atom is -0.447 e. The molecule has 2 aliphatic rings. The molecule has 86 valence electrons. The Kier molecular flexibility index (Phi) is 3.14. The zero-order chi connectivity index (χ0) is 10.8. The molecule has 0 N–H and O–H groups in total. The van der Waals surface area contributed by atoms with Gasteiger partial charge in [0, 0.05) is 6.04 Å². The number of hydrogen-bond acceptors (Lipinski definition) is 3. The van der Waals surface area contributed by atoms with Gasteiger partial charge in [-0.2, -0.15) is 0 Å². The van der Waals surface area contributed by atoms with Crippen molar-refractivity contribution in [3.63, 3.8) is 0 Å². The van der Waals surface area contributed by atoms with Gasteiger partial charge in [0.25, 0.3) is 0 Å². The molecule has 0 aromatic carbocycles. The van der Waals surface area contributed by atoms with E-state index in [1.165, 1.54) is 0 Å². The fourth-order valence-corrected chi connectivity index (χ4v) is 2.51. The summed E-state index contributed by atoms with van der Waals surface area (Å²) in [6.07, 6.45) is 3.07. The molecule has 2 heterocycles. The van der Waals surface area contributed by atoms with Crippen LogP contribution < -0.4 is 0 Å². The molecule has 2 aliphatic heterocycles. The lowest BCUT2D eigenvalue weighted by Gasteiger charge is -2.36. The molecule has 4 heteroatoms. The molecule has 2 fully saturated rings. The first-order valence-corrected chi connectivity index (χ1v) is 5.86. The van der Waals surface area contributed by atoms with Gasteiger partial charge in [-0.3, -0.25) is 4.90 Å². The maximum atomic E-state index is 11.6. The molecule has 1 amide bonds. The molecule has 0 aromatic rings. The van der Waals surface area contributed by atoms with Crippen LogP contribution in [0.25, 0.3) is 0 Å². The lowest BCUT2D eigenvalue weighted by molar-refractivity contribution is 0.114. The van der Waals surface area contributed by atoms with Crippen LogP contribution in [-0.2, 0) is 4.74 Å². The van der Waals surface area contributed by atoms with Gasteiger partial charge >= 0.3 is 6.09 Å². The van der Waals surface area contributed by atoms with E-state index in [2.05, 4.69) is 18.9 Å². The van der Waals surface area contributed by atoms with E-state index in [1.54, 1.807) is 0 Å². The number of amides is 1. The van der Waals surface area contributed by atoms with E-state index in [4.69, 9.17) is 4.74 Å². The summed E-state index contributed by atoms with van der Waals surface area (Å²) in [6, 6.07) is 0.715. The van der Waals surface area contributed by atoms with Crippen LogP contribution in [-0.4, -0.2) is 54.7 Å². The Balaban J connectivity index is 1.99. The Morgan fingerprint density at radius 1 is 1.40 bits per heavy atom. The van der Waals surface area contributed by atoms with E-state index in [0.717, 1.165) is 32.4 Å². The summed E-state index contributed by atoms with van der Waals surface area (Å²) in [7, 11) is 2.13. The van der Waals surface area contributed by atoms with Crippen LogP contribution in [0.2, 0.25) is 0 Å². The van der Waals surface area contributed by atoms with E-state index in [1.807, 2.05) is 4.90 Å². The van der Waals surface area contributed by atoms with Crippen molar-refractivity contribution < 1.29 is 9.53 Å². The second-order valence-corrected chi connectivity index (χ2v) is 4.58. The first-order chi connectivity index (χ1) is 7.22. The Hall–Kier alpha value is -0.770. The second-order valence-electron chi connectivity index (χ2n) is 4.58. The molecule has 0 spiro atoms. The lowest BCUT2D eigenvalue weighted by atomic mass is 10.0. The van der Waals surface area contributed by atoms with Gasteiger partial charge in [0.05, 0.1) is 6.04 Å². The zero-order valence-corrected chi connectivity index (χ0v) is 9.61. The molecule has 0 unspecified atom stereocenters. The fraction of sp³-hybridized carbons (Fsp3) is 0.909. The van der Waals surface area contributed by atoms with E-state index in [-0.39, 0.29) is 6.09 Å². The monoisotopic (exact) mass is 212 g/mol. The first kappa shape index (κ1) is 10.7. The minimum atomic E-state index is -0.101. The van der Waals surface area contributed by atoms with Crippen molar-refractivity contribution in [2.75, 3.05) is 26.7 Å². The maximum absolute atomic E-state index is 11.6. The first-order valence-electron chi connectivity index (χ1n) is 5.86. The molecule has 0 saturated carbocycles. The summed E-state index contributed by atoms with van der Waals surface area (Å²) in [4.78, 5) is 15.9. The third kappa shape index (κ3) is 2.09. The highest BCUT2D eigenvalue weighted by molar-refractivity contribution is 5.70. The van der Waals surface area contributed by atoms with E-state index in [9.17, 15) is 4.79 Å². The molecule has 15 heavy (non-hydrogen) atoms. The number of cyclic esters (lactones) is 1. The van der Waals surface area contributed by atoms with Gasteiger partial charge in [-0.05, 0) is 39.4 Å². The topological polar surface area (TPSA) is 32.8 Å². The van der Waals surface area contributed by atoms with Crippen molar-refractivity contribution >= 4 is 6.09 Å². The summed E-state index contributed by atoms with van der Waals surface area (Å²) in [5, 5.41) is 0. The number of ether oxygens (including phenoxy) is 1. The molecule has 0 aromatic heterocycles. The third-order valence-corrected chi connectivity index (χ3v) is 3.56. The number of carbonyl (C=O) groups excluding carboxylic acids is 1. The average Bonchev–Trinajstić information content (AvgIpc) is 2.61. The van der Waals surface area contributed by atoms with E-state index >= 15 is 0 Å². The van der Waals surface area contributed by atoms with Crippen LogP contribution in [0.15, 0.2) is 0 Å². The molecular weight excluding hydrogens is 192 g/mol. The number of likely N-dealkylation sites (tertiary alicyclic amines) is 1. The van der Waals surface area contributed by atoms with E-state index in [0.29, 0.717) is 18.7 Å².